The zero-order valence-electron chi connectivity index (χ0n) is 24.3. The molecule has 0 fully saturated rings. The number of methoxy groups -OCH3 is 1. The van der Waals surface area contributed by atoms with Crippen LogP contribution in [-0.4, -0.2) is 53.6 Å². The molecule has 0 amide bonds. The van der Waals surface area contributed by atoms with Gasteiger partial charge in [0.25, 0.3) is 5.56 Å². The summed E-state index contributed by atoms with van der Waals surface area (Å²) in [6, 6.07) is 11.5. The predicted octanol–water partition coefficient (Wildman–Crippen LogP) is 3.61. The lowest BCUT2D eigenvalue weighted by Crippen LogP contribution is -2.40. The third kappa shape index (κ3) is 7.51. The number of terminal acetylenes is 1. The molecule has 3 aromatic rings. The first kappa shape index (κ1) is 31.9. The van der Waals surface area contributed by atoms with Gasteiger partial charge in [-0.1, -0.05) is 49.2 Å². The Morgan fingerprint density at radius 1 is 1.26 bits per heavy atom. The summed E-state index contributed by atoms with van der Waals surface area (Å²) >= 11 is 0. The van der Waals surface area contributed by atoms with Crippen molar-refractivity contribution in [1.29, 1.82) is 0 Å². The average Bonchev–Trinajstić information content (AvgIpc) is 3.44. The van der Waals surface area contributed by atoms with Gasteiger partial charge in [-0.2, -0.15) is 5.09 Å². The fourth-order valence-corrected chi connectivity index (χ4v) is 5.84. The first-order chi connectivity index (χ1) is 20.5. The van der Waals surface area contributed by atoms with Crippen molar-refractivity contribution in [3.05, 3.63) is 87.2 Å². The highest BCUT2D eigenvalue weighted by Gasteiger charge is 2.41. The van der Waals surface area contributed by atoms with Gasteiger partial charge in [-0.15, -0.1) is 6.42 Å². The minimum absolute atomic E-state index is 0.00727. The second-order valence-corrected chi connectivity index (χ2v) is 11.7. The molecule has 1 unspecified atom stereocenters. The van der Waals surface area contributed by atoms with Crippen molar-refractivity contribution in [2.75, 3.05) is 20.3 Å². The summed E-state index contributed by atoms with van der Waals surface area (Å²) in [5, 5.41) is 4.21. The number of hydrogen-bond acceptors (Lipinski definition) is 9. The van der Waals surface area contributed by atoms with Crippen molar-refractivity contribution in [3.8, 4) is 18.1 Å². The van der Waals surface area contributed by atoms with Crippen molar-refractivity contribution in [3.63, 3.8) is 0 Å². The standard InChI is InChI=1S/C30H34N3O9P/c1-6-24(28(35)39-18-21(4)38-5)32-43(37,42-25-14-10-12-22-11-8-9-13-23(22)25)40-19-30(7-2)16-15-26(41-30)33-17-20(3)27(34)31-29(33)36/h2,8-17,21,24,26H,6,18-19H2,1,3-5H3,(H,32,37)(H,31,34,36)/t21?,24-,26+,30-,43+/m0/s1. The summed E-state index contributed by atoms with van der Waals surface area (Å²) in [5.74, 6) is 2.06. The summed E-state index contributed by atoms with van der Waals surface area (Å²) < 4.78 is 43.9. The Balaban J connectivity index is 1.60. The molecule has 4 rings (SSSR count). The van der Waals surface area contributed by atoms with E-state index in [9.17, 15) is 18.9 Å². The number of rotatable bonds is 13. The Bertz CT molecular complexity index is 1700. The van der Waals surface area contributed by atoms with Gasteiger partial charge in [0.2, 0.25) is 0 Å². The molecule has 1 aliphatic heterocycles. The fraction of sp³-hybridized carbons (Fsp3) is 0.367. The minimum atomic E-state index is -4.36. The zero-order chi connectivity index (χ0) is 31.2. The summed E-state index contributed by atoms with van der Waals surface area (Å²) in [6.45, 7) is 4.51. The monoisotopic (exact) mass is 611 g/mol. The number of benzene rings is 2. The number of carbonyl (C=O) groups excluding carboxylic acids is 1. The molecule has 0 radical (unpaired) electrons. The van der Waals surface area contributed by atoms with Crippen LogP contribution in [0.3, 0.4) is 0 Å². The number of aromatic amines is 1. The van der Waals surface area contributed by atoms with Gasteiger partial charge in [0.05, 0.1) is 6.10 Å². The average molecular weight is 612 g/mol. The number of ether oxygens (including phenoxy) is 3. The Labute approximate surface area is 248 Å². The number of nitrogens with one attached hydrogen (secondary N) is 2. The lowest BCUT2D eigenvalue weighted by molar-refractivity contribution is -0.149. The summed E-state index contributed by atoms with van der Waals surface area (Å²) in [7, 11) is -2.86. The smallest absolute Gasteiger partial charge is 0.459 e. The summed E-state index contributed by atoms with van der Waals surface area (Å²) in [4.78, 5) is 39.4. The van der Waals surface area contributed by atoms with Crippen LogP contribution in [0.2, 0.25) is 0 Å². The van der Waals surface area contributed by atoms with Crippen LogP contribution in [0, 0.1) is 19.3 Å². The van der Waals surface area contributed by atoms with Crippen molar-refractivity contribution in [2.45, 2.75) is 51.2 Å². The van der Waals surface area contributed by atoms with Crippen molar-refractivity contribution in [1.82, 2.24) is 14.6 Å². The van der Waals surface area contributed by atoms with Crippen molar-refractivity contribution < 1.29 is 32.6 Å². The third-order valence-corrected chi connectivity index (χ3v) is 8.35. The Morgan fingerprint density at radius 3 is 2.72 bits per heavy atom. The van der Waals surface area contributed by atoms with E-state index in [0.29, 0.717) is 10.9 Å². The molecule has 0 aliphatic carbocycles. The highest BCUT2D eigenvalue weighted by atomic mass is 31.2. The Hall–Kier alpha value is -3.98. The van der Waals surface area contributed by atoms with Gasteiger partial charge in [-0.3, -0.25) is 23.7 Å². The van der Waals surface area contributed by atoms with Gasteiger partial charge in [-0.25, -0.2) is 9.36 Å². The molecule has 5 atom stereocenters. The predicted molar refractivity (Wildman–Crippen MR) is 160 cm³/mol. The maximum atomic E-state index is 14.4. The molecule has 0 saturated heterocycles. The Kier molecular flexibility index (Phi) is 10.1. The number of H-pyrrole nitrogens is 1. The summed E-state index contributed by atoms with van der Waals surface area (Å²) in [6.07, 6.45) is 9.06. The highest BCUT2D eigenvalue weighted by Crippen LogP contribution is 2.48. The first-order valence-electron chi connectivity index (χ1n) is 13.6. The maximum absolute atomic E-state index is 14.4. The Morgan fingerprint density at radius 2 is 2.00 bits per heavy atom. The lowest BCUT2D eigenvalue weighted by atomic mass is 10.1. The molecule has 1 aliphatic rings. The lowest BCUT2D eigenvalue weighted by Gasteiger charge is -2.29. The number of aryl methyl sites for hydroxylation is 1. The van der Waals surface area contributed by atoms with Gasteiger partial charge in [-0.05, 0) is 43.9 Å². The first-order valence-corrected chi connectivity index (χ1v) is 15.1. The molecule has 2 aromatic carbocycles. The molecule has 1 aromatic heterocycles. The normalized spacial score (nSPS) is 20.7. The SMILES string of the molecule is C#C[C@@]1(CO[P@](=O)(N[C@@H](CC)C(=O)OCC(C)OC)Oc2cccc3ccccc23)C=C[C@H](n2cc(C)c(=O)[nH]c2=O)O1. The zero-order valence-corrected chi connectivity index (χ0v) is 25.2. The van der Waals surface area contributed by atoms with E-state index in [-0.39, 0.29) is 24.9 Å². The molecule has 0 spiro atoms. The number of nitrogens with zero attached hydrogens (tertiary/aromatic N) is 1. The van der Waals surface area contributed by atoms with Gasteiger partial charge < -0.3 is 18.7 Å². The van der Waals surface area contributed by atoms with E-state index in [0.717, 1.165) is 5.39 Å². The molecular formula is C30H34N3O9P. The van der Waals surface area contributed by atoms with Gasteiger partial charge in [0, 0.05) is 24.3 Å². The molecular weight excluding hydrogens is 577 g/mol. The van der Waals surface area contributed by atoms with Crippen molar-refractivity contribution >= 4 is 24.5 Å². The second-order valence-electron chi connectivity index (χ2n) is 9.99. The molecule has 43 heavy (non-hydrogen) atoms. The molecule has 12 nitrogen and oxygen atoms in total. The van der Waals surface area contributed by atoms with Crippen LogP contribution in [0.4, 0.5) is 0 Å². The van der Waals surface area contributed by atoms with Crippen LogP contribution in [0.15, 0.2) is 70.4 Å². The van der Waals surface area contributed by atoms with Gasteiger partial charge in [0.1, 0.15) is 25.0 Å². The molecule has 2 N–H and O–H groups in total. The van der Waals surface area contributed by atoms with Crippen LogP contribution >= 0.6 is 7.75 Å². The minimum Gasteiger partial charge on any atom is -0.462 e. The maximum Gasteiger partial charge on any atom is 0.459 e. The van der Waals surface area contributed by atoms with Crippen LogP contribution in [-0.2, 0) is 28.1 Å². The molecule has 0 bridgehead atoms. The van der Waals surface area contributed by atoms with Crippen LogP contribution in [0.1, 0.15) is 32.1 Å². The highest BCUT2D eigenvalue weighted by molar-refractivity contribution is 7.52. The number of fused-ring (bicyclic) bond motifs is 1. The number of hydrogen-bond donors (Lipinski definition) is 2. The van der Waals surface area contributed by atoms with E-state index in [4.69, 9.17) is 29.7 Å². The topological polar surface area (TPSA) is 147 Å². The number of carbonyl (C=O) groups is 1. The second kappa shape index (κ2) is 13.5. The number of aromatic nitrogens is 2. The molecule has 13 heteroatoms. The van der Waals surface area contributed by atoms with Crippen LogP contribution in [0.5, 0.6) is 5.75 Å². The van der Waals surface area contributed by atoms with E-state index >= 15 is 0 Å². The van der Waals surface area contributed by atoms with Crippen LogP contribution in [0.25, 0.3) is 10.8 Å². The van der Waals surface area contributed by atoms with Crippen molar-refractivity contribution in [2.24, 2.45) is 0 Å². The van der Waals surface area contributed by atoms with Gasteiger partial charge in [0.15, 0.2) is 11.8 Å². The van der Waals surface area contributed by atoms with E-state index in [1.54, 1.807) is 39.0 Å². The fourth-order valence-electron chi connectivity index (χ4n) is 4.21. The number of esters is 1. The molecule has 0 saturated carbocycles. The van der Waals surface area contributed by atoms with E-state index in [1.807, 2.05) is 24.3 Å². The largest absolute Gasteiger partial charge is 0.462 e. The van der Waals surface area contributed by atoms with Gasteiger partial charge >= 0.3 is 19.4 Å². The third-order valence-electron chi connectivity index (χ3n) is 6.81. The summed E-state index contributed by atoms with van der Waals surface area (Å²) in [5.41, 5.74) is -2.49. The molecule has 2 heterocycles. The van der Waals surface area contributed by atoms with E-state index in [1.165, 1.54) is 30.0 Å². The van der Waals surface area contributed by atoms with Crippen LogP contribution < -0.4 is 20.9 Å². The van der Waals surface area contributed by atoms with E-state index in [2.05, 4.69) is 16.0 Å². The molecule has 228 valence electrons. The quantitative estimate of drug-likeness (QED) is 0.127. The van der Waals surface area contributed by atoms with E-state index < -0.39 is 49.4 Å².